The molecule has 1 aliphatic rings. The fraction of sp³-hybridized carbons (Fsp3) is 0.667. The van der Waals surface area contributed by atoms with E-state index >= 15 is 0 Å². The third kappa shape index (κ3) is 2.37. The van der Waals surface area contributed by atoms with E-state index in [1.54, 1.807) is 7.05 Å². The summed E-state index contributed by atoms with van der Waals surface area (Å²) >= 11 is 0. The molecule has 0 radical (unpaired) electrons. The van der Waals surface area contributed by atoms with Gasteiger partial charge in [0, 0.05) is 19.0 Å². The number of aliphatic imine (C=N–C) groups is 1. The number of hydrogen-bond donors (Lipinski definition) is 1. The van der Waals surface area contributed by atoms with Gasteiger partial charge < -0.3 is 5.73 Å². The lowest BCUT2D eigenvalue weighted by atomic mass is 10.1. The predicted molar refractivity (Wildman–Crippen MR) is 48.7 cm³/mol. The number of nitrogens with two attached hydrogens (primary N) is 1. The van der Waals surface area contributed by atoms with E-state index < -0.39 is 0 Å². The quantitative estimate of drug-likeness (QED) is 0.572. The molecule has 0 atom stereocenters. The van der Waals surface area contributed by atoms with Crippen molar-refractivity contribution < 1.29 is 0 Å². The minimum atomic E-state index is 1.05. The summed E-state index contributed by atoms with van der Waals surface area (Å²) in [5, 5.41) is 0. The Balaban J connectivity index is 2.67. The number of rotatable bonds is 1. The van der Waals surface area contributed by atoms with Gasteiger partial charge in [0.05, 0.1) is 0 Å². The van der Waals surface area contributed by atoms with E-state index in [0.717, 1.165) is 18.5 Å². The summed E-state index contributed by atoms with van der Waals surface area (Å²) < 4.78 is 0. The SMILES string of the molecule is CN=CC1=C(N)CCCCC1. The summed E-state index contributed by atoms with van der Waals surface area (Å²) in [6.07, 6.45) is 7.89. The third-order valence-electron chi connectivity index (χ3n) is 2.09. The lowest BCUT2D eigenvalue weighted by molar-refractivity contribution is 0.708. The van der Waals surface area contributed by atoms with Gasteiger partial charge in [0.2, 0.25) is 0 Å². The second-order valence-corrected chi connectivity index (χ2v) is 3.00. The molecular weight excluding hydrogens is 136 g/mol. The van der Waals surface area contributed by atoms with Crippen LogP contribution in [0.15, 0.2) is 16.3 Å². The van der Waals surface area contributed by atoms with Crippen LogP contribution in [-0.2, 0) is 0 Å². The van der Waals surface area contributed by atoms with Crippen molar-refractivity contribution in [3.63, 3.8) is 0 Å². The van der Waals surface area contributed by atoms with Gasteiger partial charge in [0.1, 0.15) is 0 Å². The molecular formula is C9H16N2. The van der Waals surface area contributed by atoms with Crippen molar-refractivity contribution in [2.75, 3.05) is 7.05 Å². The minimum absolute atomic E-state index is 1.05. The lowest BCUT2D eigenvalue weighted by Gasteiger charge is -2.00. The van der Waals surface area contributed by atoms with Crippen LogP contribution in [0.3, 0.4) is 0 Å². The summed E-state index contributed by atoms with van der Waals surface area (Å²) in [5.41, 5.74) is 8.16. The maximum atomic E-state index is 5.85. The van der Waals surface area contributed by atoms with E-state index in [4.69, 9.17) is 5.73 Å². The molecule has 0 aliphatic heterocycles. The standard InChI is InChI=1S/C9H16N2/c1-11-7-8-5-3-2-4-6-9(8)10/h7H,2-6,10H2,1H3. The van der Waals surface area contributed by atoms with Gasteiger partial charge >= 0.3 is 0 Å². The van der Waals surface area contributed by atoms with Crippen LogP contribution in [0.2, 0.25) is 0 Å². The second kappa shape index (κ2) is 4.16. The topological polar surface area (TPSA) is 38.4 Å². The van der Waals surface area contributed by atoms with Crippen molar-refractivity contribution in [3.8, 4) is 0 Å². The van der Waals surface area contributed by atoms with Crippen LogP contribution in [0.25, 0.3) is 0 Å². The Labute approximate surface area is 68.2 Å². The van der Waals surface area contributed by atoms with Gasteiger partial charge in [-0.1, -0.05) is 6.42 Å². The van der Waals surface area contributed by atoms with Gasteiger partial charge in [-0.3, -0.25) is 4.99 Å². The van der Waals surface area contributed by atoms with Crippen LogP contribution in [0.1, 0.15) is 32.1 Å². The minimum Gasteiger partial charge on any atom is -0.402 e. The van der Waals surface area contributed by atoms with Crippen LogP contribution >= 0.6 is 0 Å². The summed E-state index contributed by atoms with van der Waals surface area (Å²) in [4.78, 5) is 3.99. The van der Waals surface area contributed by atoms with Crippen LogP contribution in [0, 0.1) is 0 Å². The van der Waals surface area contributed by atoms with Crippen molar-refractivity contribution in [1.29, 1.82) is 0 Å². The maximum Gasteiger partial charge on any atom is 0.0277 e. The van der Waals surface area contributed by atoms with Gasteiger partial charge in [-0.2, -0.15) is 0 Å². The first-order chi connectivity index (χ1) is 5.34. The zero-order valence-electron chi connectivity index (χ0n) is 7.14. The molecule has 1 rings (SSSR count). The highest BCUT2D eigenvalue weighted by Crippen LogP contribution is 2.18. The first-order valence-electron chi connectivity index (χ1n) is 4.24. The monoisotopic (exact) mass is 152 g/mol. The zero-order valence-corrected chi connectivity index (χ0v) is 7.14. The molecule has 0 aromatic rings. The Kier molecular flexibility index (Phi) is 3.14. The van der Waals surface area contributed by atoms with Gasteiger partial charge in [0.25, 0.3) is 0 Å². The summed E-state index contributed by atoms with van der Waals surface area (Å²) in [7, 11) is 1.80. The molecule has 62 valence electrons. The Morgan fingerprint density at radius 3 is 2.73 bits per heavy atom. The van der Waals surface area contributed by atoms with E-state index in [1.165, 1.54) is 24.8 Å². The Hall–Kier alpha value is -0.790. The second-order valence-electron chi connectivity index (χ2n) is 3.00. The summed E-state index contributed by atoms with van der Waals surface area (Å²) in [6.45, 7) is 0. The molecule has 1 aliphatic carbocycles. The normalized spacial score (nSPS) is 20.8. The van der Waals surface area contributed by atoms with Gasteiger partial charge in [-0.15, -0.1) is 0 Å². The number of hydrogen-bond acceptors (Lipinski definition) is 2. The van der Waals surface area contributed by atoms with Gasteiger partial charge in [-0.05, 0) is 31.3 Å². The fourth-order valence-electron chi connectivity index (χ4n) is 1.43. The Morgan fingerprint density at radius 2 is 2.00 bits per heavy atom. The first-order valence-corrected chi connectivity index (χ1v) is 4.24. The van der Waals surface area contributed by atoms with E-state index in [1.807, 2.05) is 6.21 Å². The fourth-order valence-corrected chi connectivity index (χ4v) is 1.43. The predicted octanol–water partition coefficient (Wildman–Crippen LogP) is 1.86. The maximum absolute atomic E-state index is 5.85. The molecule has 0 aromatic carbocycles. The van der Waals surface area contributed by atoms with Crippen molar-refractivity contribution in [2.45, 2.75) is 32.1 Å². The molecule has 2 nitrogen and oxygen atoms in total. The van der Waals surface area contributed by atoms with Crippen LogP contribution in [-0.4, -0.2) is 13.3 Å². The number of nitrogens with zero attached hydrogens (tertiary/aromatic N) is 1. The zero-order chi connectivity index (χ0) is 8.10. The highest BCUT2D eigenvalue weighted by Gasteiger charge is 2.05. The lowest BCUT2D eigenvalue weighted by Crippen LogP contribution is -2.01. The van der Waals surface area contributed by atoms with Crippen molar-refractivity contribution >= 4 is 6.21 Å². The van der Waals surface area contributed by atoms with Gasteiger partial charge in [-0.25, -0.2) is 0 Å². The summed E-state index contributed by atoms with van der Waals surface area (Å²) in [6, 6.07) is 0. The van der Waals surface area contributed by atoms with Crippen LogP contribution in [0.5, 0.6) is 0 Å². The molecule has 0 unspecified atom stereocenters. The molecule has 2 heteroatoms. The molecule has 0 aromatic heterocycles. The molecule has 0 heterocycles. The Bertz CT molecular complexity index is 180. The third-order valence-corrected chi connectivity index (χ3v) is 2.09. The Morgan fingerprint density at radius 1 is 1.27 bits per heavy atom. The average Bonchev–Trinajstić information content (AvgIpc) is 2.18. The van der Waals surface area contributed by atoms with Crippen molar-refractivity contribution in [3.05, 3.63) is 11.3 Å². The van der Waals surface area contributed by atoms with E-state index in [9.17, 15) is 0 Å². The van der Waals surface area contributed by atoms with Crippen molar-refractivity contribution in [1.82, 2.24) is 0 Å². The molecule has 0 saturated carbocycles. The van der Waals surface area contributed by atoms with E-state index in [0.29, 0.717) is 0 Å². The highest BCUT2D eigenvalue weighted by molar-refractivity contribution is 5.79. The van der Waals surface area contributed by atoms with Gasteiger partial charge in [0.15, 0.2) is 0 Å². The summed E-state index contributed by atoms with van der Waals surface area (Å²) in [5.74, 6) is 0. The molecule has 0 amide bonds. The van der Waals surface area contributed by atoms with Crippen LogP contribution < -0.4 is 5.73 Å². The highest BCUT2D eigenvalue weighted by atomic mass is 14.7. The largest absolute Gasteiger partial charge is 0.402 e. The molecule has 11 heavy (non-hydrogen) atoms. The van der Waals surface area contributed by atoms with Crippen LogP contribution in [0.4, 0.5) is 0 Å². The molecule has 2 N–H and O–H groups in total. The number of allylic oxidation sites excluding steroid dienone is 2. The average molecular weight is 152 g/mol. The molecule has 0 saturated heterocycles. The smallest absolute Gasteiger partial charge is 0.0277 e. The van der Waals surface area contributed by atoms with E-state index in [2.05, 4.69) is 4.99 Å². The first kappa shape index (κ1) is 8.31. The molecule has 0 fully saturated rings. The molecule has 0 spiro atoms. The van der Waals surface area contributed by atoms with E-state index in [-0.39, 0.29) is 0 Å². The molecule has 0 bridgehead atoms. The van der Waals surface area contributed by atoms with Crippen molar-refractivity contribution in [2.24, 2.45) is 10.7 Å².